The smallest absolute Gasteiger partial charge is 0.413 e. The summed E-state index contributed by atoms with van der Waals surface area (Å²) in [7, 11) is 0. The first-order valence-electron chi connectivity index (χ1n) is 7.29. The normalized spacial score (nSPS) is 10.4. The van der Waals surface area contributed by atoms with Crippen molar-refractivity contribution >= 4 is 46.8 Å². The molecule has 0 spiro atoms. The largest absolute Gasteiger partial charge is 0.450 e. The van der Waals surface area contributed by atoms with Crippen LogP contribution in [0.15, 0.2) is 18.2 Å². The summed E-state index contributed by atoms with van der Waals surface area (Å²) in [5.41, 5.74) is 0.501. The maximum absolute atomic E-state index is 12.0. The van der Waals surface area contributed by atoms with E-state index in [9.17, 15) is 14.4 Å². The van der Waals surface area contributed by atoms with E-state index in [0.29, 0.717) is 22.3 Å². The number of amides is 3. The lowest BCUT2D eigenvalue weighted by Gasteiger charge is -2.19. The lowest BCUT2D eigenvalue weighted by molar-refractivity contribution is -0.122. The molecule has 1 aromatic carbocycles. The van der Waals surface area contributed by atoms with Gasteiger partial charge in [0.05, 0.1) is 29.7 Å². The summed E-state index contributed by atoms with van der Waals surface area (Å²) < 4.78 is 4.62. The monoisotopic (exact) mass is 375 g/mol. The molecule has 0 aliphatic heterocycles. The Labute approximate surface area is 150 Å². The molecule has 132 valence electrons. The predicted molar refractivity (Wildman–Crippen MR) is 92.4 cm³/mol. The van der Waals surface area contributed by atoms with Gasteiger partial charge in [0, 0.05) is 5.69 Å². The van der Waals surface area contributed by atoms with Crippen molar-refractivity contribution in [2.24, 2.45) is 0 Å². The zero-order valence-corrected chi connectivity index (χ0v) is 14.9. The van der Waals surface area contributed by atoms with Crippen LogP contribution in [-0.4, -0.2) is 49.0 Å². The molecular weight excluding hydrogens is 357 g/mol. The van der Waals surface area contributed by atoms with Crippen molar-refractivity contribution in [3.05, 3.63) is 28.2 Å². The number of carbonyl (C=O) groups is 3. The van der Waals surface area contributed by atoms with Crippen LogP contribution >= 0.6 is 23.2 Å². The summed E-state index contributed by atoms with van der Waals surface area (Å²) in [6.45, 7) is 3.92. The number of likely N-dealkylation sites (N-methyl/N-ethyl adjacent to an activating group) is 1. The Balaban J connectivity index is 2.51. The summed E-state index contributed by atoms with van der Waals surface area (Å²) in [5, 5.41) is 5.46. The van der Waals surface area contributed by atoms with Crippen molar-refractivity contribution in [2.75, 3.05) is 31.6 Å². The molecule has 0 saturated carbocycles. The van der Waals surface area contributed by atoms with Crippen LogP contribution in [0.4, 0.5) is 10.5 Å². The number of hydrogen-bond donors (Lipinski definition) is 2. The summed E-state index contributed by atoms with van der Waals surface area (Å²) >= 11 is 11.7. The molecule has 1 aromatic rings. The number of nitrogens with zero attached hydrogens (tertiary/aromatic N) is 1. The molecule has 0 fully saturated rings. The molecule has 0 aromatic heterocycles. The third-order valence-electron chi connectivity index (χ3n) is 2.90. The summed E-state index contributed by atoms with van der Waals surface area (Å²) in [6, 6.07) is 4.73. The predicted octanol–water partition coefficient (Wildman–Crippen LogP) is 2.53. The quantitative estimate of drug-likeness (QED) is 0.764. The highest BCUT2D eigenvalue weighted by Crippen LogP contribution is 2.24. The highest BCUT2D eigenvalue weighted by atomic mass is 35.5. The van der Waals surface area contributed by atoms with Gasteiger partial charge < -0.3 is 10.1 Å². The van der Waals surface area contributed by atoms with E-state index in [1.165, 1.54) is 6.07 Å². The number of benzene rings is 1. The fourth-order valence-corrected chi connectivity index (χ4v) is 2.08. The number of rotatable bonds is 7. The first-order valence-corrected chi connectivity index (χ1v) is 8.05. The lowest BCUT2D eigenvalue weighted by Crippen LogP contribution is -2.43. The van der Waals surface area contributed by atoms with Crippen molar-refractivity contribution in [2.45, 2.75) is 13.8 Å². The van der Waals surface area contributed by atoms with E-state index < -0.39 is 12.0 Å². The Morgan fingerprint density at radius 2 is 1.75 bits per heavy atom. The van der Waals surface area contributed by atoms with Crippen molar-refractivity contribution in [3.63, 3.8) is 0 Å². The minimum absolute atomic E-state index is 0.0208. The van der Waals surface area contributed by atoms with E-state index in [4.69, 9.17) is 23.2 Å². The van der Waals surface area contributed by atoms with Gasteiger partial charge in [0.1, 0.15) is 0 Å². The van der Waals surface area contributed by atoms with Gasteiger partial charge in [0.2, 0.25) is 11.8 Å². The van der Waals surface area contributed by atoms with Gasteiger partial charge >= 0.3 is 6.09 Å². The third-order valence-corrected chi connectivity index (χ3v) is 3.64. The summed E-state index contributed by atoms with van der Waals surface area (Å²) in [5.74, 6) is -0.864. The molecule has 0 atom stereocenters. The number of carbonyl (C=O) groups excluding carboxylic acids is 3. The average Bonchev–Trinajstić information content (AvgIpc) is 2.50. The van der Waals surface area contributed by atoms with Crippen molar-refractivity contribution in [1.82, 2.24) is 10.2 Å². The SMILES string of the molecule is CCOC(=O)NC(=O)CN(CC)CC(=O)Nc1ccc(Cl)c(Cl)c1. The second-order valence-electron chi connectivity index (χ2n) is 4.75. The Bertz CT molecular complexity index is 610. The topological polar surface area (TPSA) is 87.7 Å². The third kappa shape index (κ3) is 7.16. The van der Waals surface area contributed by atoms with Gasteiger partial charge in [-0.3, -0.25) is 19.8 Å². The molecule has 0 aliphatic carbocycles. The first-order chi connectivity index (χ1) is 11.3. The number of nitrogens with one attached hydrogen (secondary N) is 2. The molecule has 2 N–H and O–H groups in total. The molecule has 24 heavy (non-hydrogen) atoms. The Morgan fingerprint density at radius 1 is 1.08 bits per heavy atom. The van der Waals surface area contributed by atoms with E-state index in [1.807, 2.05) is 0 Å². The van der Waals surface area contributed by atoms with Crippen molar-refractivity contribution < 1.29 is 19.1 Å². The van der Waals surface area contributed by atoms with Gasteiger partial charge in [-0.1, -0.05) is 30.1 Å². The number of halogens is 2. The molecule has 0 unspecified atom stereocenters. The second-order valence-corrected chi connectivity index (χ2v) is 5.56. The molecule has 9 heteroatoms. The maximum Gasteiger partial charge on any atom is 0.413 e. The zero-order valence-electron chi connectivity index (χ0n) is 13.4. The Hall–Kier alpha value is -1.83. The van der Waals surface area contributed by atoms with Crippen LogP contribution in [0.3, 0.4) is 0 Å². The average molecular weight is 376 g/mol. The minimum atomic E-state index is -0.807. The van der Waals surface area contributed by atoms with Gasteiger partial charge in [0.25, 0.3) is 0 Å². The molecule has 3 amide bonds. The first kappa shape index (κ1) is 20.2. The van der Waals surface area contributed by atoms with Crippen LogP contribution < -0.4 is 10.6 Å². The summed E-state index contributed by atoms with van der Waals surface area (Å²) in [4.78, 5) is 36.5. The number of hydrogen-bond acceptors (Lipinski definition) is 5. The minimum Gasteiger partial charge on any atom is -0.450 e. The van der Waals surface area contributed by atoms with Crippen molar-refractivity contribution in [3.8, 4) is 0 Å². The van der Waals surface area contributed by atoms with E-state index in [-0.39, 0.29) is 25.6 Å². The van der Waals surface area contributed by atoms with Crippen LogP contribution in [0.2, 0.25) is 10.0 Å². The fourth-order valence-electron chi connectivity index (χ4n) is 1.78. The van der Waals surface area contributed by atoms with Gasteiger partial charge in [-0.15, -0.1) is 0 Å². The molecule has 0 saturated heterocycles. The molecule has 0 aliphatic rings. The molecular formula is C15H19Cl2N3O4. The van der Waals surface area contributed by atoms with E-state index >= 15 is 0 Å². The van der Waals surface area contributed by atoms with E-state index in [1.54, 1.807) is 30.9 Å². The van der Waals surface area contributed by atoms with Crippen LogP contribution in [0.5, 0.6) is 0 Å². The van der Waals surface area contributed by atoms with Crippen LogP contribution in [-0.2, 0) is 14.3 Å². The van der Waals surface area contributed by atoms with Crippen LogP contribution in [0.25, 0.3) is 0 Å². The molecule has 1 rings (SSSR count). The summed E-state index contributed by atoms with van der Waals surface area (Å²) in [6.07, 6.45) is -0.807. The standard InChI is InChI=1S/C15H19Cl2N3O4/c1-3-20(9-14(22)19-15(23)24-4-2)8-13(21)18-10-5-6-11(16)12(17)7-10/h5-7H,3-4,8-9H2,1-2H3,(H,18,21)(H,19,22,23). The lowest BCUT2D eigenvalue weighted by atomic mass is 10.3. The molecule has 0 bridgehead atoms. The highest BCUT2D eigenvalue weighted by Gasteiger charge is 2.15. The van der Waals surface area contributed by atoms with Gasteiger partial charge in [-0.05, 0) is 31.7 Å². The van der Waals surface area contributed by atoms with Crippen LogP contribution in [0.1, 0.15) is 13.8 Å². The van der Waals surface area contributed by atoms with Crippen LogP contribution in [0, 0.1) is 0 Å². The Morgan fingerprint density at radius 3 is 2.33 bits per heavy atom. The second kappa shape index (κ2) is 10.1. The van der Waals surface area contributed by atoms with E-state index in [0.717, 1.165) is 0 Å². The van der Waals surface area contributed by atoms with Gasteiger partial charge in [-0.2, -0.15) is 0 Å². The zero-order chi connectivity index (χ0) is 18.1. The van der Waals surface area contributed by atoms with Crippen molar-refractivity contribution in [1.29, 1.82) is 0 Å². The molecule has 7 nitrogen and oxygen atoms in total. The van der Waals surface area contributed by atoms with Gasteiger partial charge in [-0.25, -0.2) is 4.79 Å². The number of ether oxygens (including phenoxy) is 1. The highest BCUT2D eigenvalue weighted by molar-refractivity contribution is 6.42. The fraction of sp³-hybridized carbons (Fsp3) is 0.400. The van der Waals surface area contributed by atoms with E-state index in [2.05, 4.69) is 15.4 Å². The molecule has 0 radical (unpaired) electrons. The Kier molecular flexibility index (Phi) is 8.53. The molecule has 0 heterocycles. The number of anilines is 1. The van der Waals surface area contributed by atoms with Gasteiger partial charge in [0.15, 0.2) is 0 Å². The number of alkyl carbamates (subject to hydrolysis) is 1. The maximum atomic E-state index is 12.0. The number of imide groups is 1.